The second kappa shape index (κ2) is 4.23. The standard InChI is InChI=1S/C16H16O2/c1-16(17,13-10-6-3-7-11-13)15-14(18-15)12-8-4-2-5-9-12/h2-11,14-15,17H,1H3/t14-,15+,16+/m0/s1. The van der Waals surface area contributed by atoms with E-state index in [0.29, 0.717) is 0 Å². The zero-order valence-electron chi connectivity index (χ0n) is 10.3. The molecule has 3 rings (SSSR count). The van der Waals surface area contributed by atoms with Gasteiger partial charge in [-0.05, 0) is 18.1 Å². The maximum atomic E-state index is 10.6. The SMILES string of the molecule is C[C@@](O)(c1ccccc1)[C@@H]1O[C@H]1c1ccccc1. The van der Waals surface area contributed by atoms with Crippen LogP contribution < -0.4 is 0 Å². The molecule has 2 aromatic rings. The summed E-state index contributed by atoms with van der Waals surface area (Å²) in [4.78, 5) is 0. The molecule has 1 heterocycles. The Bertz CT molecular complexity index is 519. The van der Waals surface area contributed by atoms with Crippen molar-refractivity contribution in [2.45, 2.75) is 24.7 Å². The van der Waals surface area contributed by atoms with Crippen LogP contribution in [0.4, 0.5) is 0 Å². The van der Waals surface area contributed by atoms with E-state index in [2.05, 4.69) is 0 Å². The molecule has 92 valence electrons. The summed E-state index contributed by atoms with van der Waals surface area (Å²) in [6.07, 6.45) is -0.163. The van der Waals surface area contributed by atoms with Crippen molar-refractivity contribution in [1.29, 1.82) is 0 Å². The average Bonchev–Trinajstić information content (AvgIpc) is 3.22. The van der Waals surface area contributed by atoms with E-state index in [9.17, 15) is 5.11 Å². The second-order valence-corrected chi connectivity index (χ2v) is 4.90. The molecule has 0 unspecified atom stereocenters. The lowest BCUT2D eigenvalue weighted by molar-refractivity contribution is 0.0259. The minimum atomic E-state index is -0.943. The van der Waals surface area contributed by atoms with Gasteiger partial charge in [0.25, 0.3) is 0 Å². The van der Waals surface area contributed by atoms with Crippen molar-refractivity contribution < 1.29 is 9.84 Å². The molecule has 1 N–H and O–H groups in total. The van der Waals surface area contributed by atoms with Crippen LogP contribution in [0.3, 0.4) is 0 Å². The minimum absolute atomic E-state index is 0.00130. The Morgan fingerprint density at radius 3 is 2.11 bits per heavy atom. The first-order chi connectivity index (χ1) is 8.69. The number of benzene rings is 2. The summed E-state index contributed by atoms with van der Waals surface area (Å²) in [6.45, 7) is 1.82. The molecule has 2 heteroatoms. The Morgan fingerprint density at radius 2 is 1.50 bits per heavy atom. The van der Waals surface area contributed by atoms with Crippen LogP contribution in [0.1, 0.15) is 24.2 Å². The third kappa shape index (κ3) is 1.94. The van der Waals surface area contributed by atoms with Crippen LogP contribution in [0.25, 0.3) is 0 Å². The summed E-state index contributed by atoms with van der Waals surface area (Å²) in [6, 6.07) is 19.7. The molecule has 2 nitrogen and oxygen atoms in total. The van der Waals surface area contributed by atoms with Gasteiger partial charge < -0.3 is 9.84 Å². The molecule has 1 aliphatic heterocycles. The molecule has 1 saturated heterocycles. The first-order valence-corrected chi connectivity index (χ1v) is 6.18. The largest absolute Gasteiger partial charge is 0.383 e. The minimum Gasteiger partial charge on any atom is -0.383 e. The van der Waals surface area contributed by atoms with Crippen LogP contribution in [0.5, 0.6) is 0 Å². The Balaban J connectivity index is 1.82. The number of ether oxygens (including phenoxy) is 1. The molecular weight excluding hydrogens is 224 g/mol. The first kappa shape index (κ1) is 11.5. The van der Waals surface area contributed by atoms with Gasteiger partial charge in [0.15, 0.2) is 0 Å². The quantitative estimate of drug-likeness (QED) is 0.836. The van der Waals surface area contributed by atoms with Gasteiger partial charge in [0, 0.05) is 0 Å². The second-order valence-electron chi connectivity index (χ2n) is 4.90. The number of epoxide rings is 1. The lowest BCUT2D eigenvalue weighted by atomic mass is 9.89. The van der Waals surface area contributed by atoms with Gasteiger partial charge in [-0.15, -0.1) is 0 Å². The van der Waals surface area contributed by atoms with Crippen LogP contribution in [-0.4, -0.2) is 11.2 Å². The smallest absolute Gasteiger partial charge is 0.121 e. The lowest BCUT2D eigenvalue weighted by Crippen LogP contribution is -2.28. The number of hydrogen-bond donors (Lipinski definition) is 1. The molecule has 18 heavy (non-hydrogen) atoms. The van der Waals surface area contributed by atoms with Gasteiger partial charge >= 0.3 is 0 Å². The van der Waals surface area contributed by atoms with Crippen LogP contribution in [0, 0.1) is 0 Å². The van der Waals surface area contributed by atoms with E-state index in [1.807, 2.05) is 67.6 Å². The van der Waals surface area contributed by atoms with Gasteiger partial charge in [0.1, 0.15) is 17.8 Å². The van der Waals surface area contributed by atoms with Crippen LogP contribution in [0.2, 0.25) is 0 Å². The van der Waals surface area contributed by atoms with Crippen molar-refractivity contribution >= 4 is 0 Å². The Kier molecular flexibility index (Phi) is 2.69. The zero-order chi connectivity index (χ0) is 12.6. The van der Waals surface area contributed by atoms with Crippen molar-refractivity contribution in [3.8, 4) is 0 Å². The Labute approximate surface area is 107 Å². The monoisotopic (exact) mass is 240 g/mol. The van der Waals surface area contributed by atoms with E-state index in [0.717, 1.165) is 11.1 Å². The highest BCUT2D eigenvalue weighted by Gasteiger charge is 2.52. The predicted molar refractivity (Wildman–Crippen MR) is 70.1 cm³/mol. The number of rotatable bonds is 3. The lowest BCUT2D eigenvalue weighted by Gasteiger charge is -2.21. The molecule has 0 aromatic heterocycles. The van der Waals surface area contributed by atoms with Crippen molar-refractivity contribution in [2.75, 3.05) is 0 Å². The van der Waals surface area contributed by atoms with E-state index in [1.165, 1.54) is 0 Å². The molecule has 0 spiro atoms. The van der Waals surface area contributed by atoms with Crippen LogP contribution >= 0.6 is 0 Å². The summed E-state index contributed by atoms with van der Waals surface area (Å²) < 4.78 is 5.67. The average molecular weight is 240 g/mol. The summed E-state index contributed by atoms with van der Waals surface area (Å²) in [7, 11) is 0. The first-order valence-electron chi connectivity index (χ1n) is 6.18. The summed E-state index contributed by atoms with van der Waals surface area (Å²) in [5.74, 6) is 0. The normalized spacial score (nSPS) is 25.4. The molecule has 3 atom stereocenters. The van der Waals surface area contributed by atoms with Gasteiger partial charge in [0.05, 0.1) is 0 Å². The van der Waals surface area contributed by atoms with E-state index >= 15 is 0 Å². The van der Waals surface area contributed by atoms with E-state index in [1.54, 1.807) is 0 Å². The maximum Gasteiger partial charge on any atom is 0.121 e. The van der Waals surface area contributed by atoms with Crippen LogP contribution in [0.15, 0.2) is 60.7 Å². The fourth-order valence-corrected chi connectivity index (χ4v) is 2.38. The molecule has 1 fully saturated rings. The van der Waals surface area contributed by atoms with Gasteiger partial charge in [-0.2, -0.15) is 0 Å². The predicted octanol–water partition coefficient (Wildman–Crippen LogP) is 3.03. The zero-order valence-corrected chi connectivity index (χ0v) is 10.3. The number of hydrogen-bond acceptors (Lipinski definition) is 2. The van der Waals surface area contributed by atoms with Gasteiger partial charge in [-0.25, -0.2) is 0 Å². The summed E-state index contributed by atoms with van der Waals surface area (Å²) in [5.41, 5.74) is 1.08. The maximum absolute atomic E-state index is 10.6. The summed E-state index contributed by atoms with van der Waals surface area (Å²) >= 11 is 0. The molecule has 0 radical (unpaired) electrons. The molecule has 1 aliphatic rings. The Morgan fingerprint density at radius 1 is 0.944 bits per heavy atom. The Hall–Kier alpha value is -1.64. The third-order valence-corrected chi connectivity index (χ3v) is 3.53. The van der Waals surface area contributed by atoms with E-state index in [4.69, 9.17) is 4.74 Å². The van der Waals surface area contributed by atoms with Gasteiger partial charge in [-0.3, -0.25) is 0 Å². The van der Waals surface area contributed by atoms with E-state index in [-0.39, 0.29) is 12.2 Å². The molecule has 0 saturated carbocycles. The highest BCUT2D eigenvalue weighted by molar-refractivity contribution is 5.30. The van der Waals surface area contributed by atoms with Crippen molar-refractivity contribution in [1.82, 2.24) is 0 Å². The third-order valence-electron chi connectivity index (χ3n) is 3.53. The number of aliphatic hydroxyl groups is 1. The molecule has 0 bridgehead atoms. The highest BCUT2D eigenvalue weighted by Crippen LogP contribution is 2.48. The topological polar surface area (TPSA) is 32.8 Å². The molecule has 0 amide bonds. The molecule has 2 aromatic carbocycles. The van der Waals surface area contributed by atoms with Crippen LogP contribution in [-0.2, 0) is 10.3 Å². The van der Waals surface area contributed by atoms with Crippen molar-refractivity contribution in [3.63, 3.8) is 0 Å². The van der Waals surface area contributed by atoms with Crippen molar-refractivity contribution in [2.24, 2.45) is 0 Å². The van der Waals surface area contributed by atoms with Gasteiger partial charge in [0.2, 0.25) is 0 Å². The molecular formula is C16H16O2. The molecule has 0 aliphatic carbocycles. The fraction of sp³-hybridized carbons (Fsp3) is 0.250. The highest BCUT2D eigenvalue weighted by atomic mass is 16.6. The fourth-order valence-electron chi connectivity index (χ4n) is 2.38. The van der Waals surface area contributed by atoms with Crippen molar-refractivity contribution in [3.05, 3.63) is 71.8 Å². The summed E-state index contributed by atoms with van der Waals surface area (Å²) in [5, 5.41) is 10.6. The van der Waals surface area contributed by atoms with E-state index < -0.39 is 5.60 Å². The van der Waals surface area contributed by atoms with Gasteiger partial charge in [-0.1, -0.05) is 60.7 Å².